The SMILES string of the molecule is Cc1ccc(S(=O)(=O)Nc2ccc(C(=O)Nc3ccccc3C(=O)NCC(C)C)cc2Cl)cc1. The summed E-state index contributed by atoms with van der Waals surface area (Å²) in [6, 6.07) is 17.3. The Kier molecular flexibility index (Phi) is 7.96. The molecule has 0 aromatic heterocycles. The third-order valence-corrected chi connectivity index (χ3v) is 6.59. The van der Waals surface area contributed by atoms with E-state index in [2.05, 4.69) is 15.4 Å². The summed E-state index contributed by atoms with van der Waals surface area (Å²) in [6.45, 7) is 6.35. The summed E-state index contributed by atoms with van der Waals surface area (Å²) in [7, 11) is -3.84. The smallest absolute Gasteiger partial charge is 0.261 e. The molecule has 0 atom stereocenters. The summed E-state index contributed by atoms with van der Waals surface area (Å²) >= 11 is 6.28. The minimum absolute atomic E-state index is 0.0614. The fourth-order valence-corrected chi connectivity index (χ4v) is 4.40. The number of sulfonamides is 1. The van der Waals surface area contributed by atoms with Crippen LogP contribution in [0.1, 0.15) is 40.1 Å². The number of benzene rings is 3. The molecule has 0 heterocycles. The second kappa shape index (κ2) is 10.7. The van der Waals surface area contributed by atoms with E-state index in [-0.39, 0.29) is 33.0 Å². The van der Waals surface area contributed by atoms with Gasteiger partial charge in [0, 0.05) is 12.1 Å². The highest BCUT2D eigenvalue weighted by molar-refractivity contribution is 7.92. The Bertz CT molecular complexity index is 1310. The van der Waals surface area contributed by atoms with Gasteiger partial charge in [0.15, 0.2) is 0 Å². The summed E-state index contributed by atoms with van der Waals surface area (Å²) in [5.74, 6) is -0.489. The maximum atomic E-state index is 12.8. The second-order valence-corrected chi connectivity index (χ2v) is 10.3. The number of hydrogen-bond acceptors (Lipinski definition) is 4. The van der Waals surface area contributed by atoms with Gasteiger partial charge in [-0.15, -0.1) is 0 Å². The van der Waals surface area contributed by atoms with Gasteiger partial charge in [0.1, 0.15) is 0 Å². The summed E-state index contributed by atoms with van der Waals surface area (Å²) in [5, 5.41) is 5.62. The quantitative estimate of drug-likeness (QED) is 0.401. The first-order valence-corrected chi connectivity index (χ1v) is 12.5. The molecule has 3 rings (SSSR count). The first kappa shape index (κ1) is 25.3. The lowest BCUT2D eigenvalue weighted by molar-refractivity contribution is 0.0950. The molecule has 0 aliphatic carbocycles. The van der Waals surface area contributed by atoms with Crippen LogP contribution in [0, 0.1) is 12.8 Å². The van der Waals surface area contributed by atoms with Gasteiger partial charge in [-0.05, 0) is 55.3 Å². The van der Waals surface area contributed by atoms with Crippen LogP contribution in [0.15, 0.2) is 71.6 Å². The average molecular weight is 500 g/mol. The summed E-state index contributed by atoms with van der Waals surface area (Å²) in [4.78, 5) is 25.4. The molecule has 0 aliphatic rings. The van der Waals surface area contributed by atoms with Crippen molar-refractivity contribution >= 4 is 44.8 Å². The zero-order valence-corrected chi connectivity index (χ0v) is 20.6. The number of halogens is 1. The van der Waals surface area contributed by atoms with Gasteiger partial charge in [0.25, 0.3) is 21.8 Å². The molecular formula is C25H26ClN3O4S. The van der Waals surface area contributed by atoms with Crippen LogP contribution in [-0.2, 0) is 10.0 Å². The van der Waals surface area contributed by atoms with Crippen LogP contribution in [0.2, 0.25) is 5.02 Å². The molecule has 3 aromatic rings. The van der Waals surface area contributed by atoms with Gasteiger partial charge in [0.05, 0.1) is 26.9 Å². The van der Waals surface area contributed by atoms with Crippen LogP contribution in [0.3, 0.4) is 0 Å². The molecule has 0 radical (unpaired) electrons. The zero-order chi connectivity index (χ0) is 24.9. The minimum Gasteiger partial charge on any atom is -0.352 e. The van der Waals surface area contributed by atoms with Gasteiger partial charge < -0.3 is 10.6 Å². The van der Waals surface area contributed by atoms with Gasteiger partial charge in [0.2, 0.25) is 0 Å². The molecule has 0 saturated heterocycles. The molecule has 3 N–H and O–H groups in total. The van der Waals surface area contributed by atoms with Crippen molar-refractivity contribution in [1.82, 2.24) is 5.32 Å². The van der Waals surface area contributed by atoms with Crippen molar-refractivity contribution in [3.63, 3.8) is 0 Å². The van der Waals surface area contributed by atoms with E-state index in [4.69, 9.17) is 11.6 Å². The summed E-state index contributed by atoms with van der Waals surface area (Å²) < 4.78 is 27.7. The maximum Gasteiger partial charge on any atom is 0.261 e. The van der Waals surface area contributed by atoms with Crippen molar-refractivity contribution in [3.8, 4) is 0 Å². The summed E-state index contributed by atoms with van der Waals surface area (Å²) in [6.07, 6.45) is 0. The number of hydrogen-bond donors (Lipinski definition) is 3. The Hall–Kier alpha value is -3.36. The molecule has 0 unspecified atom stereocenters. The van der Waals surface area contributed by atoms with E-state index in [0.29, 0.717) is 17.8 Å². The lowest BCUT2D eigenvalue weighted by Gasteiger charge is -2.14. The van der Waals surface area contributed by atoms with E-state index >= 15 is 0 Å². The molecule has 3 aromatic carbocycles. The Labute approximate surface area is 204 Å². The highest BCUT2D eigenvalue weighted by Crippen LogP contribution is 2.27. The highest BCUT2D eigenvalue weighted by Gasteiger charge is 2.18. The topological polar surface area (TPSA) is 104 Å². The van der Waals surface area contributed by atoms with E-state index in [1.807, 2.05) is 20.8 Å². The lowest BCUT2D eigenvalue weighted by Crippen LogP contribution is -2.28. The molecule has 9 heteroatoms. The van der Waals surface area contributed by atoms with Crippen LogP contribution in [-0.4, -0.2) is 26.8 Å². The van der Waals surface area contributed by atoms with Crippen LogP contribution in [0.25, 0.3) is 0 Å². The van der Waals surface area contributed by atoms with Crippen molar-refractivity contribution in [2.24, 2.45) is 5.92 Å². The van der Waals surface area contributed by atoms with Crippen molar-refractivity contribution in [2.75, 3.05) is 16.6 Å². The van der Waals surface area contributed by atoms with Crippen molar-refractivity contribution in [1.29, 1.82) is 0 Å². The van der Waals surface area contributed by atoms with Crippen molar-refractivity contribution in [3.05, 3.63) is 88.4 Å². The fraction of sp³-hybridized carbons (Fsp3) is 0.200. The van der Waals surface area contributed by atoms with Gasteiger partial charge in [-0.1, -0.05) is 55.3 Å². The second-order valence-electron chi connectivity index (χ2n) is 8.22. The van der Waals surface area contributed by atoms with Gasteiger partial charge in [-0.3, -0.25) is 14.3 Å². The predicted octanol–water partition coefficient (Wildman–Crippen LogP) is 5.09. The minimum atomic E-state index is -3.84. The van der Waals surface area contributed by atoms with E-state index in [0.717, 1.165) is 5.56 Å². The van der Waals surface area contributed by atoms with Crippen molar-refractivity contribution in [2.45, 2.75) is 25.7 Å². The molecule has 34 heavy (non-hydrogen) atoms. The van der Waals surface area contributed by atoms with E-state index < -0.39 is 15.9 Å². The van der Waals surface area contributed by atoms with Crippen molar-refractivity contribution < 1.29 is 18.0 Å². The van der Waals surface area contributed by atoms with Crippen LogP contribution < -0.4 is 15.4 Å². The highest BCUT2D eigenvalue weighted by atomic mass is 35.5. The predicted molar refractivity (Wildman–Crippen MR) is 135 cm³/mol. The Morgan fingerprint density at radius 3 is 2.24 bits per heavy atom. The maximum absolute atomic E-state index is 12.8. The standard InChI is InChI=1S/C25H26ClN3O4S/c1-16(2)15-27-25(31)20-6-4-5-7-22(20)28-24(30)18-10-13-23(21(26)14-18)29-34(32,33)19-11-8-17(3)9-12-19/h4-14,16,29H,15H2,1-3H3,(H,27,31)(H,28,30). The van der Waals surface area contributed by atoms with Crippen LogP contribution in [0.5, 0.6) is 0 Å². The molecule has 178 valence electrons. The molecule has 0 saturated carbocycles. The normalized spacial score (nSPS) is 11.2. The number of rotatable bonds is 8. The molecule has 2 amide bonds. The molecule has 0 aliphatic heterocycles. The number of para-hydroxylation sites is 1. The lowest BCUT2D eigenvalue weighted by atomic mass is 10.1. The third kappa shape index (κ3) is 6.36. The average Bonchev–Trinajstić information content (AvgIpc) is 2.79. The molecule has 0 spiro atoms. The van der Waals surface area contributed by atoms with E-state index in [9.17, 15) is 18.0 Å². The molecule has 0 bridgehead atoms. The number of carbonyl (C=O) groups is 2. The summed E-state index contributed by atoms with van der Waals surface area (Å²) in [5.41, 5.74) is 1.98. The largest absolute Gasteiger partial charge is 0.352 e. The number of carbonyl (C=O) groups excluding carboxylic acids is 2. The van der Waals surface area contributed by atoms with Gasteiger partial charge >= 0.3 is 0 Å². The van der Waals surface area contributed by atoms with Crippen LogP contribution in [0.4, 0.5) is 11.4 Å². The molecule has 0 fully saturated rings. The van der Waals surface area contributed by atoms with Gasteiger partial charge in [-0.25, -0.2) is 8.42 Å². The molecular weight excluding hydrogens is 474 g/mol. The monoisotopic (exact) mass is 499 g/mol. The van der Waals surface area contributed by atoms with E-state index in [1.54, 1.807) is 36.4 Å². The van der Waals surface area contributed by atoms with E-state index in [1.165, 1.54) is 30.3 Å². The Balaban J connectivity index is 1.76. The number of anilines is 2. The van der Waals surface area contributed by atoms with Crippen LogP contribution >= 0.6 is 11.6 Å². The Morgan fingerprint density at radius 1 is 0.912 bits per heavy atom. The fourth-order valence-electron chi connectivity index (χ4n) is 3.04. The Morgan fingerprint density at radius 2 is 1.59 bits per heavy atom. The first-order valence-electron chi connectivity index (χ1n) is 10.6. The van der Waals surface area contributed by atoms with Gasteiger partial charge in [-0.2, -0.15) is 0 Å². The number of aryl methyl sites for hydroxylation is 1. The third-order valence-electron chi connectivity index (χ3n) is 4.90. The number of nitrogens with one attached hydrogen (secondary N) is 3. The zero-order valence-electron chi connectivity index (χ0n) is 19.1. The number of amides is 2. The molecule has 7 nitrogen and oxygen atoms in total. The first-order chi connectivity index (χ1) is 16.1.